The molecule has 0 radical (unpaired) electrons. The number of esters is 5. The highest BCUT2D eigenvalue weighted by molar-refractivity contribution is 5.78. The molecule has 530 valence electrons. The normalized spacial score (nSPS) is 27.9. The second-order valence-electron chi connectivity index (χ2n) is 36.7. The Labute approximate surface area is 560 Å². The van der Waals surface area contributed by atoms with E-state index in [1.807, 2.05) is 90.0 Å². The van der Waals surface area contributed by atoms with Crippen LogP contribution in [0.4, 0.5) is 0 Å². The summed E-state index contributed by atoms with van der Waals surface area (Å²) in [4.78, 5) is 61.7. The molecule has 10 nitrogen and oxygen atoms in total. The molecule has 0 aromatic heterocycles. The van der Waals surface area contributed by atoms with Crippen LogP contribution in [0, 0.1) is 84.7 Å². The molecule has 0 heterocycles. The second-order valence-corrected chi connectivity index (χ2v) is 36.7. The van der Waals surface area contributed by atoms with Crippen LogP contribution in [0.25, 0.3) is 0 Å². The van der Waals surface area contributed by atoms with Crippen molar-refractivity contribution in [3.63, 3.8) is 0 Å². The lowest BCUT2D eigenvalue weighted by Crippen LogP contribution is -2.59. The average molecular weight is 1280 g/mol. The van der Waals surface area contributed by atoms with Crippen LogP contribution in [0.3, 0.4) is 0 Å². The SMILES string of the molecule is CCC(C)(C)C(=O)OC(C)(C)C12CC3CC(CC(C3)C1)C2.CCC(C)(C)C(=O)OC(C)(CC)C12CC3CC(CC(C3)C1)C2.CCC(C)(C)C(=O)OC1(C(C)(C)C)CCCC1.CCC(C)(C)C(=O)OC1(C(C)C)CCCC1.CCC(CC)(CC)OC(=O)C(C)(C)CC. The number of carbonyl (C=O) groups is 5. The molecule has 10 rings (SSSR count). The van der Waals surface area contributed by atoms with Gasteiger partial charge in [-0.25, -0.2) is 0 Å². The van der Waals surface area contributed by atoms with Crippen molar-refractivity contribution in [2.45, 2.75) is 401 Å². The van der Waals surface area contributed by atoms with Crippen molar-refractivity contribution < 1.29 is 47.7 Å². The Morgan fingerprint density at radius 3 is 0.934 bits per heavy atom. The summed E-state index contributed by atoms with van der Waals surface area (Å²) in [5.41, 5.74) is -2.49. The lowest BCUT2D eigenvalue weighted by Gasteiger charge is -2.62. The maximum Gasteiger partial charge on any atom is 0.312 e. The fraction of sp³-hybridized carbons (Fsp3) is 0.938. The van der Waals surface area contributed by atoms with Crippen molar-refractivity contribution >= 4 is 29.8 Å². The Morgan fingerprint density at radius 2 is 0.637 bits per heavy atom. The third-order valence-corrected chi connectivity index (χ3v) is 27.1. The van der Waals surface area contributed by atoms with Gasteiger partial charge in [-0.3, -0.25) is 24.0 Å². The monoisotopic (exact) mass is 1280 g/mol. The van der Waals surface area contributed by atoms with Gasteiger partial charge in [0.2, 0.25) is 0 Å². The molecule has 10 fully saturated rings. The van der Waals surface area contributed by atoms with E-state index in [0.717, 1.165) is 119 Å². The smallest absolute Gasteiger partial charge is 0.312 e. The maximum absolute atomic E-state index is 12.7. The summed E-state index contributed by atoms with van der Waals surface area (Å²) in [6.07, 6.45) is 33.0. The first-order chi connectivity index (χ1) is 41.8. The zero-order chi connectivity index (χ0) is 69.5. The molecule has 0 amide bonds. The molecular weight excluding hydrogens is 1130 g/mol. The molecular formula is C81H146O10. The second kappa shape index (κ2) is 30.8. The Morgan fingerprint density at radius 1 is 0.352 bits per heavy atom. The fourth-order valence-corrected chi connectivity index (χ4v) is 17.4. The minimum absolute atomic E-state index is 0.00857. The van der Waals surface area contributed by atoms with Crippen LogP contribution in [0.2, 0.25) is 0 Å². The highest BCUT2D eigenvalue weighted by Gasteiger charge is 2.62. The van der Waals surface area contributed by atoms with Gasteiger partial charge in [0.15, 0.2) is 0 Å². The van der Waals surface area contributed by atoms with Crippen molar-refractivity contribution in [3.05, 3.63) is 0 Å². The molecule has 0 spiro atoms. The molecule has 0 aromatic rings. The highest BCUT2D eigenvalue weighted by Crippen LogP contribution is 2.66. The first kappa shape index (κ1) is 80.8. The number of ether oxygens (including phenoxy) is 5. The third kappa shape index (κ3) is 18.7. The molecule has 8 bridgehead atoms. The van der Waals surface area contributed by atoms with Crippen LogP contribution in [0.5, 0.6) is 0 Å². The largest absolute Gasteiger partial charge is 0.459 e. The van der Waals surface area contributed by atoms with E-state index in [2.05, 4.69) is 96.9 Å². The van der Waals surface area contributed by atoms with Crippen LogP contribution in [-0.2, 0) is 47.7 Å². The van der Waals surface area contributed by atoms with E-state index in [1.54, 1.807) is 0 Å². The van der Waals surface area contributed by atoms with Gasteiger partial charge in [-0.15, -0.1) is 0 Å². The van der Waals surface area contributed by atoms with Gasteiger partial charge in [0.25, 0.3) is 0 Å². The molecule has 0 aromatic carbocycles. The maximum atomic E-state index is 12.7. The topological polar surface area (TPSA) is 132 Å². The Hall–Kier alpha value is -2.65. The first-order valence-corrected chi connectivity index (χ1v) is 37.9. The van der Waals surface area contributed by atoms with E-state index >= 15 is 0 Å². The van der Waals surface area contributed by atoms with Gasteiger partial charge >= 0.3 is 29.8 Å². The predicted molar refractivity (Wildman–Crippen MR) is 375 cm³/mol. The van der Waals surface area contributed by atoms with Gasteiger partial charge in [0.05, 0.1) is 27.1 Å². The van der Waals surface area contributed by atoms with Crippen molar-refractivity contribution in [1.29, 1.82) is 0 Å². The van der Waals surface area contributed by atoms with Crippen molar-refractivity contribution in [2.75, 3.05) is 0 Å². The van der Waals surface area contributed by atoms with Gasteiger partial charge in [-0.05, 0) is 318 Å². The van der Waals surface area contributed by atoms with E-state index in [4.69, 9.17) is 23.7 Å². The van der Waals surface area contributed by atoms with Gasteiger partial charge in [-0.1, -0.05) is 96.9 Å². The average Bonchev–Trinajstić information content (AvgIpc) is 1.27. The fourth-order valence-electron chi connectivity index (χ4n) is 17.4. The zero-order valence-electron chi connectivity index (χ0n) is 64.6. The lowest BCUT2D eigenvalue weighted by molar-refractivity contribution is -0.212. The summed E-state index contributed by atoms with van der Waals surface area (Å²) < 4.78 is 30.0. The standard InChI is InChI=1S/C20H34O2.C19H32O2.C15H28O2.C14H26O2.C13H26O2/c1-6-18(3,4)17(21)22-19(5,7-2)20-11-14-8-15(12-20)10-16(9-14)13-20;1-6-17(2,3)16(20)21-18(4,5)19-10-13-7-14(11-19)9-15(8-13)12-19;1-7-14(5,6)12(16)17-15(13(2,3)4)10-8-9-11-15;1-6-13(4,5)12(15)16-14(11(2)3)9-7-8-10-14;1-7-12(5,6)11(14)15-13(8-2,9-3)10-4/h14-16H,6-13H2,1-5H3;13-15H,6-12H2,1-5H3;7-11H2,1-6H3;11H,6-10H2,1-5H3;7-10H2,1-6H3. The van der Waals surface area contributed by atoms with E-state index in [-0.39, 0.29) is 101 Å². The molecule has 0 saturated heterocycles. The molecule has 10 heteroatoms. The summed E-state index contributed by atoms with van der Waals surface area (Å²) in [6.45, 7) is 56.0. The summed E-state index contributed by atoms with van der Waals surface area (Å²) in [7, 11) is 0. The number of carbonyl (C=O) groups excluding carboxylic acids is 5. The van der Waals surface area contributed by atoms with E-state index in [1.165, 1.54) is 103 Å². The molecule has 0 aliphatic heterocycles. The van der Waals surface area contributed by atoms with Crippen LogP contribution in [-0.4, -0.2) is 57.9 Å². The Bertz CT molecular complexity index is 2280. The minimum Gasteiger partial charge on any atom is -0.459 e. The first-order valence-electron chi connectivity index (χ1n) is 37.9. The molecule has 91 heavy (non-hydrogen) atoms. The summed E-state index contributed by atoms with van der Waals surface area (Å²) in [6, 6.07) is 0. The molecule has 10 aliphatic rings. The number of hydrogen-bond acceptors (Lipinski definition) is 10. The van der Waals surface area contributed by atoms with Gasteiger partial charge in [0.1, 0.15) is 28.0 Å². The minimum atomic E-state index is -0.362. The van der Waals surface area contributed by atoms with Crippen molar-refractivity contribution in [2.24, 2.45) is 84.7 Å². The molecule has 0 N–H and O–H groups in total. The van der Waals surface area contributed by atoms with Crippen LogP contribution in [0.15, 0.2) is 0 Å². The van der Waals surface area contributed by atoms with Crippen molar-refractivity contribution in [1.82, 2.24) is 0 Å². The molecule has 10 saturated carbocycles. The molecule has 1 unspecified atom stereocenters. The van der Waals surface area contributed by atoms with Crippen LogP contribution in [0.1, 0.15) is 373 Å². The zero-order valence-corrected chi connectivity index (χ0v) is 64.6. The number of hydrogen-bond donors (Lipinski definition) is 0. The molecule has 10 aliphatic carbocycles. The third-order valence-electron chi connectivity index (χ3n) is 27.1. The van der Waals surface area contributed by atoms with Gasteiger partial charge < -0.3 is 23.7 Å². The predicted octanol–water partition coefficient (Wildman–Crippen LogP) is 22.5. The van der Waals surface area contributed by atoms with Gasteiger partial charge in [0, 0.05) is 16.2 Å². The number of rotatable bonds is 22. The summed E-state index contributed by atoms with van der Waals surface area (Å²) >= 11 is 0. The Balaban J connectivity index is 0.000000245. The quantitative estimate of drug-likeness (QED) is 0.0762. The Kier molecular flexibility index (Phi) is 27.4. The highest BCUT2D eigenvalue weighted by atomic mass is 16.6. The van der Waals surface area contributed by atoms with Gasteiger partial charge in [-0.2, -0.15) is 0 Å². The summed E-state index contributed by atoms with van der Waals surface area (Å²) in [5, 5.41) is 0. The van der Waals surface area contributed by atoms with E-state index in [0.29, 0.717) is 5.92 Å². The lowest BCUT2D eigenvalue weighted by atomic mass is 9.45. The van der Waals surface area contributed by atoms with Crippen molar-refractivity contribution in [3.8, 4) is 0 Å². The van der Waals surface area contributed by atoms with Crippen LogP contribution >= 0.6 is 0 Å². The van der Waals surface area contributed by atoms with E-state index in [9.17, 15) is 24.0 Å². The summed E-state index contributed by atoms with van der Waals surface area (Å²) in [5.74, 6) is 5.70. The van der Waals surface area contributed by atoms with E-state index < -0.39 is 0 Å². The van der Waals surface area contributed by atoms with Crippen LogP contribution < -0.4 is 0 Å². The molecule has 1 atom stereocenters.